The Kier molecular flexibility index (Phi) is 6.74. The van der Waals surface area contributed by atoms with E-state index in [-0.39, 0.29) is 5.41 Å². The van der Waals surface area contributed by atoms with Crippen molar-refractivity contribution < 1.29 is 4.79 Å². The second-order valence-corrected chi connectivity index (χ2v) is 10.2. The summed E-state index contributed by atoms with van der Waals surface area (Å²) in [5.41, 5.74) is 4.65. The molecule has 1 aliphatic carbocycles. The third kappa shape index (κ3) is 4.05. The third-order valence-corrected chi connectivity index (χ3v) is 8.05. The Morgan fingerprint density at radius 1 is 0.824 bits per heavy atom. The van der Waals surface area contributed by atoms with Gasteiger partial charge in [-0.25, -0.2) is 0 Å². The summed E-state index contributed by atoms with van der Waals surface area (Å²) in [6.07, 6.45) is 6.25. The molecule has 3 heteroatoms. The highest BCUT2D eigenvalue weighted by atomic mass is 16.1. The SMILES string of the molecule is CCCC1(CCC)C(=O)c2cccc3c(N4CCCN(CCc5ccccc5)CC4)ccc1c23. The van der Waals surface area contributed by atoms with E-state index in [0.717, 1.165) is 70.4 Å². The first-order chi connectivity index (χ1) is 16.7. The molecule has 2 aliphatic rings. The van der Waals surface area contributed by atoms with Gasteiger partial charge in [0.25, 0.3) is 0 Å². The zero-order valence-electron chi connectivity index (χ0n) is 20.9. The Morgan fingerprint density at radius 2 is 1.62 bits per heavy atom. The first-order valence-corrected chi connectivity index (χ1v) is 13.3. The summed E-state index contributed by atoms with van der Waals surface area (Å²) in [6, 6.07) is 21.9. The highest BCUT2D eigenvalue weighted by Gasteiger charge is 2.46. The van der Waals surface area contributed by atoms with Crippen LogP contribution in [0.4, 0.5) is 5.69 Å². The van der Waals surface area contributed by atoms with Crippen molar-refractivity contribution >= 4 is 22.2 Å². The summed E-state index contributed by atoms with van der Waals surface area (Å²) in [6.45, 7) is 9.89. The molecule has 1 fully saturated rings. The van der Waals surface area contributed by atoms with Crippen molar-refractivity contribution in [3.05, 3.63) is 77.4 Å². The van der Waals surface area contributed by atoms with Crippen molar-refractivity contribution in [3.8, 4) is 0 Å². The average Bonchev–Trinajstić information content (AvgIpc) is 3.01. The summed E-state index contributed by atoms with van der Waals surface area (Å²) < 4.78 is 0. The molecule has 0 N–H and O–H groups in total. The lowest BCUT2D eigenvalue weighted by Gasteiger charge is -2.30. The van der Waals surface area contributed by atoms with Crippen molar-refractivity contribution in [2.24, 2.45) is 0 Å². The van der Waals surface area contributed by atoms with E-state index < -0.39 is 0 Å². The molecule has 0 saturated carbocycles. The first kappa shape index (κ1) is 23.1. The lowest BCUT2D eigenvalue weighted by atomic mass is 9.73. The van der Waals surface area contributed by atoms with E-state index in [1.165, 1.54) is 34.0 Å². The van der Waals surface area contributed by atoms with E-state index in [1.54, 1.807) is 0 Å². The standard InChI is InChI=1S/C31H38N2O/c1-3-17-31(18-4-2)27-14-15-28(25-12-8-13-26(29(25)27)30(31)34)33-20-9-19-32(22-23-33)21-16-24-10-6-5-7-11-24/h5-8,10-15H,3-4,9,16-23H2,1-2H3. The molecule has 1 heterocycles. The Bertz CT molecular complexity index is 1150. The molecule has 34 heavy (non-hydrogen) atoms. The minimum absolute atomic E-state index is 0.322. The molecule has 0 aromatic heterocycles. The van der Waals surface area contributed by atoms with Gasteiger partial charge in [0.05, 0.1) is 5.41 Å². The molecule has 178 valence electrons. The number of ketones is 1. The maximum atomic E-state index is 13.7. The molecule has 0 amide bonds. The largest absolute Gasteiger partial charge is 0.370 e. The van der Waals surface area contributed by atoms with Crippen LogP contribution < -0.4 is 4.90 Å². The maximum absolute atomic E-state index is 13.7. The number of hydrogen-bond acceptors (Lipinski definition) is 3. The van der Waals surface area contributed by atoms with E-state index >= 15 is 0 Å². The van der Waals surface area contributed by atoms with Gasteiger partial charge in [0, 0.05) is 42.8 Å². The van der Waals surface area contributed by atoms with Crippen molar-refractivity contribution in [1.82, 2.24) is 4.90 Å². The Balaban J connectivity index is 1.40. The van der Waals surface area contributed by atoms with Crippen LogP contribution in [0.2, 0.25) is 0 Å². The quantitative estimate of drug-likeness (QED) is 0.382. The molecular weight excluding hydrogens is 416 g/mol. The van der Waals surface area contributed by atoms with Gasteiger partial charge in [0.15, 0.2) is 5.78 Å². The number of hydrogen-bond donors (Lipinski definition) is 0. The second-order valence-electron chi connectivity index (χ2n) is 10.2. The van der Waals surface area contributed by atoms with Crippen LogP contribution >= 0.6 is 0 Å². The van der Waals surface area contributed by atoms with Gasteiger partial charge in [-0.2, -0.15) is 0 Å². The van der Waals surface area contributed by atoms with Crippen LogP contribution in [-0.4, -0.2) is 43.4 Å². The van der Waals surface area contributed by atoms with Crippen molar-refractivity contribution in [2.75, 3.05) is 37.6 Å². The van der Waals surface area contributed by atoms with Crippen molar-refractivity contribution in [1.29, 1.82) is 0 Å². The molecule has 0 spiro atoms. The lowest BCUT2D eigenvalue weighted by molar-refractivity contribution is 0.0874. The van der Waals surface area contributed by atoms with Crippen molar-refractivity contribution in [3.63, 3.8) is 0 Å². The highest BCUT2D eigenvalue weighted by Crippen LogP contribution is 2.49. The number of rotatable bonds is 8. The Hall–Kier alpha value is -2.65. The van der Waals surface area contributed by atoms with Crippen molar-refractivity contribution in [2.45, 2.75) is 57.8 Å². The molecular formula is C31H38N2O. The molecule has 3 nitrogen and oxygen atoms in total. The van der Waals surface area contributed by atoms with Crippen LogP contribution in [-0.2, 0) is 11.8 Å². The Labute approximate surface area is 204 Å². The number of nitrogens with zero attached hydrogens (tertiary/aromatic N) is 2. The molecule has 0 radical (unpaired) electrons. The van der Waals surface area contributed by atoms with Gasteiger partial charge in [-0.15, -0.1) is 0 Å². The van der Waals surface area contributed by atoms with Crippen LogP contribution in [0, 0.1) is 0 Å². The van der Waals surface area contributed by atoms with Crippen LogP contribution in [0.3, 0.4) is 0 Å². The van der Waals surface area contributed by atoms with Crippen LogP contribution in [0.15, 0.2) is 60.7 Å². The van der Waals surface area contributed by atoms with Gasteiger partial charge in [0.1, 0.15) is 0 Å². The number of anilines is 1. The zero-order chi connectivity index (χ0) is 23.5. The molecule has 3 aromatic rings. The van der Waals surface area contributed by atoms with E-state index in [9.17, 15) is 4.79 Å². The van der Waals surface area contributed by atoms with Crippen LogP contribution in [0.25, 0.3) is 10.8 Å². The molecule has 5 rings (SSSR count). The summed E-state index contributed by atoms with van der Waals surface area (Å²) in [5, 5.41) is 2.51. The van der Waals surface area contributed by atoms with Gasteiger partial charge in [0.2, 0.25) is 0 Å². The Morgan fingerprint density at radius 3 is 2.38 bits per heavy atom. The van der Waals surface area contributed by atoms with Gasteiger partial charge >= 0.3 is 0 Å². The predicted octanol–water partition coefficient (Wildman–Crippen LogP) is 6.63. The van der Waals surface area contributed by atoms with Gasteiger partial charge in [-0.1, -0.05) is 81.3 Å². The predicted molar refractivity (Wildman–Crippen MR) is 143 cm³/mol. The molecule has 1 saturated heterocycles. The maximum Gasteiger partial charge on any atom is 0.174 e. The van der Waals surface area contributed by atoms with Crippen LogP contribution in [0.5, 0.6) is 0 Å². The fraction of sp³-hybridized carbons (Fsp3) is 0.452. The second kappa shape index (κ2) is 9.92. The summed E-state index contributed by atoms with van der Waals surface area (Å²) in [5.74, 6) is 0.358. The molecule has 3 aromatic carbocycles. The summed E-state index contributed by atoms with van der Waals surface area (Å²) >= 11 is 0. The van der Waals surface area contributed by atoms with E-state index in [0.29, 0.717) is 5.78 Å². The number of Topliss-reactive ketones (excluding diaryl/α,β-unsaturated/α-hetero) is 1. The fourth-order valence-corrected chi connectivity index (χ4v) is 6.48. The first-order valence-electron chi connectivity index (χ1n) is 13.3. The average molecular weight is 455 g/mol. The molecule has 1 aliphatic heterocycles. The minimum atomic E-state index is -0.322. The summed E-state index contributed by atoms with van der Waals surface area (Å²) in [7, 11) is 0. The van der Waals surface area contributed by atoms with Crippen LogP contribution in [0.1, 0.15) is 67.4 Å². The lowest BCUT2D eigenvalue weighted by Crippen LogP contribution is -2.32. The monoisotopic (exact) mass is 454 g/mol. The number of carbonyl (C=O) groups is 1. The highest BCUT2D eigenvalue weighted by molar-refractivity contribution is 6.22. The van der Waals surface area contributed by atoms with E-state index in [2.05, 4.69) is 84.3 Å². The fourth-order valence-electron chi connectivity index (χ4n) is 6.48. The summed E-state index contributed by atoms with van der Waals surface area (Å²) in [4.78, 5) is 18.9. The topological polar surface area (TPSA) is 23.6 Å². The number of carbonyl (C=O) groups excluding carboxylic acids is 1. The molecule has 0 atom stereocenters. The molecule has 0 bridgehead atoms. The third-order valence-electron chi connectivity index (χ3n) is 8.05. The van der Waals surface area contributed by atoms with Gasteiger partial charge in [-0.05, 0) is 54.8 Å². The zero-order valence-corrected chi connectivity index (χ0v) is 20.9. The number of benzene rings is 3. The van der Waals surface area contributed by atoms with Gasteiger partial charge < -0.3 is 9.80 Å². The molecule has 0 unspecified atom stereocenters. The van der Waals surface area contributed by atoms with E-state index in [1.807, 2.05) is 0 Å². The normalized spacial score (nSPS) is 17.9. The van der Waals surface area contributed by atoms with Gasteiger partial charge in [-0.3, -0.25) is 4.79 Å². The minimum Gasteiger partial charge on any atom is -0.370 e. The smallest absolute Gasteiger partial charge is 0.174 e. The van der Waals surface area contributed by atoms with E-state index in [4.69, 9.17) is 0 Å².